The van der Waals surface area contributed by atoms with Crippen molar-refractivity contribution >= 4 is 0 Å². The monoisotopic (exact) mass is 150 g/mol. The number of benzene rings is 1. The van der Waals surface area contributed by atoms with E-state index in [-0.39, 0.29) is 6.04 Å². The van der Waals surface area contributed by atoms with Crippen LogP contribution in [0.3, 0.4) is 0 Å². The van der Waals surface area contributed by atoms with E-state index in [2.05, 4.69) is 0 Å². The molecule has 1 N–H and O–H groups in total. The molecular formula is C9H12NO. The van der Waals surface area contributed by atoms with Crippen LogP contribution >= 0.6 is 0 Å². The van der Waals surface area contributed by atoms with E-state index in [9.17, 15) is 0 Å². The lowest BCUT2D eigenvalue weighted by atomic mass is 10.1. The van der Waals surface area contributed by atoms with Crippen molar-refractivity contribution in [2.75, 3.05) is 7.11 Å². The molecule has 0 heterocycles. The lowest BCUT2D eigenvalue weighted by Crippen LogP contribution is -1.92. The Bertz CT molecular complexity index is 216. The van der Waals surface area contributed by atoms with E-state index in [0.29, 0.717) is 0 Å². The molecule has 1 atom stereocenters. The normalized spacial score (nSPS) is 12.6. The molecule has 0 bridgehead atoms. The summed E-state index contributed by atoms with van der Waals surface area (Å²) in [5, 5.41) is 0. The van der Waals surface area contributed by atoms with Crippen LogP contribution in [0.15, 0.2) is 24.3 Å². The zero-order valence-electron chi connectivity index (χ0n) is 6.79. The Morgan fingerprint density at radius 3 is 2.18 bits per heavy atom. The van der Waals surface area contributed by atoms with Crippen LogP contribution in [0.4, 0.5) is 0 Å². The van der Waals surface area contributed by atoms with Gasteiger partial charge >= 0.3 is 0 Å². The highest BCUT2D eigenvalue weighted by Gasteiger charge is 1.98. The van der Waals surface area contributed by atoms with E-state index in [0.717, 1.165) is 11.3 Å². The smallest absolute Gasteiger partial charge is 0.118 e. The molecule has 0 aliphatic carbocycles. The van der Waals surface area contributed by atoms with Gasteiger partial charge in [0.2, 0.25) is 0 Å². The Kier molecular flexibility index (Phi) is 2.49. The zero-order valence-corrected chi connectivity index (χ0v) is 6.79. The third kappa shape index (κ3) is 1.95. The largest absolute Gasteiger partial charge is 0.497 e. The summed E-state index contributed by atoms with van der Waals surface area (Å²) in [6.45, 7) is 1.85. The maximum atomic E-state index is 7.41. The van der Waals surface area contributed by atoms with E-state index in [1.165, 1.54) is 0 Å². The van der Waals surface area contributed by atoms with Crippen LogP contribution in [0.25, 0.3) is 0 Å². The second kappa shape index (κ2) is 3.39. The van der Waals surface area contributed by atoms with E-state index in [1.807, 2.05) is 31.2 Å². The summed E-state index contributed by atoms with van der Waals surface area (Å²) in [5.74, 6) is 0.842. The van der Waals surface area contributed by atoms with Gasteiger partial charge in [0.15, 0.2) is 0 Å². The van der Waals surface area contributed by atoms with Gasteiger partial charge in [-0.05, 0) is 24.6 Å². The molecule has 1 aromatic carbocycles. The number of nitrogens with one attached hydrogen (secondary N) is 1. The maximum Gasteiger partial charge on any atom is 0.118 e. The van der Waals surface area contributed by atoms with Gasteiger partial charge in [0.25, 0.3) is 0 Å². The quantitative estimate of drug-likeness (QED) is 0.635. The lowest BCUT2D eigenvalue weighted by molar-refractivity contribution is 0.414. The van der Waals surface area contributed by atoms with Crippen molar-refractivity contribution in [1.82, 2.24) is 5.73 Å². The minimum absolute atomic E-state index is 0.152. The molecular weight excluding hydrogens is 138 g/mol. The molecule has 11 heavy (non-hydrogen) atoms. The van der Waals surface area contributed by atoms with Crippen molar-refractivity contribution in [3.8, 4) is 5.75 Å². The maximum absolute atomic E-state index is 7.41. The average Bonchev–Trinajstić information content (AvgIpc) is 2.05. The van der Waals surface area contributed by atoms with Gasteiger partial charge in [0, 0.05) is 6.04 Å². The molecule has 0 saturated carbocycles. The van der Waals surface area contributed by atoms with Crippen molar-refractivity contribution in [1.29, 1.82) is 0 Å². The molecule has 1 radical (unpaired) electrons. The summed E-state index contributed by atoms with van der Waals surface area (Å²) in [4.78, 5) is 0. The van der Waals surface area contributed by atoms with Gasteiger partial charge in [-0.15, -0.1) is 0 Å². The Balaban J connectivity index is 2.83. The molecule has 0 fully saturated rings. The summed E-state index contributed by atoms with van der Waals surface area (Å²) in [7, 11) is 1.64. The fraction of sp³-hybridized carbons (Fsp3) is 0.333. The van der Waals surface area contributed by atoms with Crippen LogP contribution in [0.2, 0.25) is 0 Å². The summed E-state index contributed by atoms with van der Waals surface area (Å²) < 4.78 is 4.99. The third-order valence-corrected chi connectivity index (χ3v) is 1.62. The minimum Gasteiger partial charge on any atom is -0.497 e. The van der Waals surface area contributed by atoms with Crippen molar-refractivity contribution in [2.45, 2.75) is 13.0 Å². The first-order chi connectivity index (χ1) is 5.24. The van der Waals surface area contributed by atoms with Gasteiger partial charge in [0.05, 0.1) is 7.11 Å². The minimum atomic E-state index is -0.152. The van der Waals surface area contributed by atoms with Crippen LogP contribution < -0.4 is 10.5 Å². The van der Waals surface area contributed by atoms with E-state index in [1.54, 1.807) is 7.11 Å². The molecule has 0 unspecified atom stereocenters. The van der Waals surface area contributed by atoms with Gasteiger partial charge in [-0.3, -0.25) is 5.73 Å². The summed E-state index contributed by atoms with van der Waals surface area (Å²) in [5.41, 5.74) is 8.42. The number of ether oxygens (including phenoxy) is 1. The number of hydrogen-bond donors (Lipinski definition) is 0. The first-order valence-corrected chi connectivity index (χ1v) is 3.59. The molecule has 0 aliphatic rings. The molecule has 0 aromatic heterocycles. The summed E-state index contributed by atoms with van der Waals surface area (Å²) in [6, 6.07) is 7.43. The van der Waals surface area contributed by atoms with Gasteiger partial charge in [0.1, 0.15) is 5.75 Å². The predicted octanol–water partition coefficient (Wildman–Crippen LogP) is 2.04. The second-order valence-electron chi connectivity index (χ2n) is 2.49. The Labute approximate surface area is 67.0 Å². The molecule has 2 nitrogen and oxygen atoms in total. The number of methoxy groups -OCH3 is 1. The van der Waals surface area contributed by atoms with E-state index >= 15 is 0 Å². The van der Waals surface area contributed by atoms with Gasteiger partial charge in [-0.2, -0.15) is 0 Å². The van der Waals surface area contributed by atoms with E-state index < -0.39 is 0 Å². The molecule has 0 amide bonds. The first kappa shape index (κ1) is 8.08. The van der Waals surface area contributed by atoms with Gasteiger partial charge in [-0.1, -0.05) is 12.1 Å². The molecule has 1 aromatic rings. The van der Waals surface area contributed by atoms with Crippen molar-refractivity contribution in [2.24, 2.45) is 0 Å². The number of hydrogen-bond acceptors (Lipinski definition) is 1. The third-order valence-electron chi connectivity index (χ3n) is 1.62. The van der Waals surface area contributed by atoms with Crippen LogP contribution in [0, 0.1) is 0 Å². The van der Waals surface area contributed by atoms with Crippen LogP contribution in [-0.4, -0.2) is 7.11 Å². The Morgan fingerprint density at radius 2 is 1.82 bits per heavy atom. The fourth-order valence-corrected chi connectivity index (χ4v) is 0.893. The molecule has 2 heteroatoms. The van der Waals surface area contributed by atoms with Gasteiger partial charge in [-0.25, -0.2) is 0 Å². The van der Waals surface area contributed by atoms with Crippen LogP contribution in [0.1, 0.15) is 18.5 Å². The SMILES string of the molecule is COc1ccc([C@@H](C)[NH])cc1. The summed E-state index contributed by atoms with van der Waals surface area (Å²) >= 11 is 0. The highest BCUT2D eigenvalue weighted by molar-refractivity contribution is 5.28. The molecule has 1 rings (SSSR count). The van der Waals surface area contributed by atoms with Gasteiger partial charge < -0.3 is 4.74 Å². The predicted molar refractivity (Wildman–Crippen MR) is 44.5 cm³/mol. The number of rotatable bonds is 2. The highest BCUT2D eigenvalue weighted by Crippen LogP contribution is 2.15. The highest BCUT2D eigenvalue weighted by atomic mass is 16.5. The Hall–Kier alpha value is -1.02. The van der Waals surface area contributed by atoms with Crippen LogP contribution in [-0.2, 0) is 0 Å². The molecule has 0 spiro atoms. The zero-order chi connectivity index (χ0) is 8.27. The summed E-state index contributed by atoms with van der Waals surface area (Å²) in [6.07, 6.45) is 0. The van der Waals surface area contributed by atoms with Crippen LogP contribution in [0.5, 0.6) is 5.75 Å². The average molecular weight is 150 g/mol. The molecule has 0 saturated heterocycles. The molecule has 59 valence electrons. The lowest BCUT2D eigenvalue weighted by Gasteiger charge is -2.04. The standard InChI is InChI=1S/C9H12NO/c1-7(10)8-3-5-9(11-2)6-4-8/h3-7,10H,1-2H3/t7-/m1/s1. The fourth-order valence-electron chi connectivity index (χ4n) is 0.893. The molecule has 0 aliphatic heterocycles. The van der Waals surface area contributed by atoms with E-state index in [4.69, 9.17) is 10.5 Å². The second-order valence-corrected chi connectivity index (χ2v) is 2.49. The van der Waals surface area contributed by atoms with Crippen molar-refractivity contribution in [3.63, 3.8) is 0 Å². The topological polar surface area (TPSA) is 33.0 Å². The Morgan fingerprint density at radius 1 is 1.27 bits per heavy atom. The first-order valence-electron chi connectivity index (χ1n) is 3.59. The van der Waals surface area contributed by atoms with Crippen molar-refractivity contribution < 1.29 is 4.74 Å². The van der Waals surface area contributed by atoms with Crippen molar-refractivity contribution in [3.05, 3.63) is 29.8 Å².